The van der Waals surface area contributed by atoms with Crippen LogP contribution in [-0.2, 0) is 0 Å². The SMILES string of the molecule is O=C(O)c1ccc(NC(=O)c2ccc(Br)c(F)c2)c(Br)c1. The lowest BCUT2D eigenvalue weighted by molar-refractivity contribution is 0.0696. The van der Waals surface area contributed by atoms with Crippen LogP contribution in [0.2, 0.25) is 0 Å². The average molecular weight is 417 g/mol. The Labute approximate surface area is 136 Å². The third kappa shape index (κ3) is 3.68. The zero-order valence-corrected chi connectivity index (χ0v) is 13.5. The monoisotopic (exact) mass is 415 g/mol. The number of benzene rings is 2. The lowest BCUT2D eigenvalue weighted by Crippen LogP contribution is -2.13. The normalized spacial score (nSPS) is 10.2. The first-order valence-corrected chi connectivity index (χ1v) is 7.26. The van der Waals surface area contributed by atoms with Gasteiger partial charge >= 0.3 is 5.97 Å². The summed E-state index contributed by atoms with van der Waals surface area (Å²) in [6.45, 7) is 0. The van der Waals surface area contributed by atoms with E-state index in [9.17, 15) is 14.0 Å². The fraction of sp³-hybridized carbons (Fsp3) is 0. The summed E-state index contributed by atoms with van der Waals surface area (Å²) in [6, 6.07) is 8.22. The fourth-order valence-corrected chi connectivity index (χ4v) is 2.31. The molecule has 0 aliphatic heterocycles. The van der Waals surface area contributed by atoms with E-state index in [1.807, 2.05) is 0 Å². The number of carboxylic acids is 1. The maximum absolute atomic E-state index is 13.4. The molecule has 0 radical (unpaired) electrons. The first-order valence-electron chi connectivity index (χ1n) is 5.67. The Morgan fingerprint density at radius 2 is 1.67 bits per heavy atom. The van der Waals surface area contributed by atoms with Crippen LogP contribution in [0, 0.1) is 5.82 Å². The van der Waals surface area contributed by atoms with E-state index in [-0.39, 0.29) is 15.6 Å². The Bertz CT molecular complexity index is 734. The highest BCUT2D eigenvalue weighted by molar-refractivity contribution is 9.10. The third-order valence-electron chi connectivity index (χ3n) is 2.65. The molecule has 0 heterocycles. The first kappa shape index (κ1) is 15.7. The van der Waals surface area contributed by atoms with Crippen LogP contribution in [-0.4, -0.2) is 17.0 Å². The lowest BCUT2D eigenvalue weighted by Gasteiger charge is -2.08. The fourth-order valence-electron chi connectivity index (χ4n) is 1.58. The Morgan fingerprint density at radius 3 is 2.24 bits per heavy atom. The van der Waals surface area contributed by atoms with Crippen LogP contribution in [0.3, 0.4) is 0 Å². The summed E-state index contributed by atoms with van der Waals surface area (Å²) in [7, 11) is 0. The molecule has 2 rings (SSSR count). The maximum atomic E-state index is 13.4. The molecule has 0 saturated carbocycles. The molecule has 21 heavy (non-hydrogen) atoms. The number of anilines is 1. The minimum Gasteiger partial charge on any atom is -0.478 e. The van der Waals surface area contributed by atoms with E-state index >= 15 is 0 Å². The van der Waals surface area contributed by atoms with Crippen molar-refractivity contribution in [3.8, 4) is 0 Å². The zero-order valence-electron chi connectivity index (χ0n) is 10.4. The molecule has 0 unspecified atom stereocenters. The molecular weight excluding hydrogens is 409 g/mol. The molecule has 108 valence electrons. The molecule has 0 spiro atoms. The Morgan fingerprint density at radius 1 is 1.00 bits per heavy atom. The number of halogens is 3. The summed E-state index contributed by atoms with van der Waals surface area (Å²) < 4.78 is 14.1. The van der Waals surface area contributed by atoms with Crippen LogP contribution in [0.25, 0.3) is 0 Å². The highest BCUT2D eigenvalue weighted by atomic mass is 79.9. The van der Waals surface area contributed by atoms with Gasteiger partial charge in [0.05, 0.1) is 15.7 Å². The van der Waals surface area contributed by atoms with Crippen molar-refractivity contribution >= 4 is 49.4 Å². The van der Waals surface area contributed by atoms with E-state index in [0.717, 1.165) is 6.07 Å². The Hall–Kier alpha value is -1.73. The number of carboxylic acid groups (broad SMARTS) is 1. The number of rotatable bonds is 3. The maximum Gasteiger partial charge on any atom is 0.335 e. The Balaban J connectivity index is 2.23. The van der Waals surface area contributed by atoms with Gasteiger partial charge in [-0.1, -0.05) is 0 Å². The van der Waals surface area contributed by atoms with Gasteiger partial charge in [0.1, 0.15) is 5.82 Å². The minimum atomic E-state index is -1.07. The van der Waals surface area contributed by atoms with Crippen LogP contribution < -0.4 is 5.32 Å². The second kappa shape index (κ2) is 6.36. The minimum absolute atomic E-state index is 0.0922. The van der Waals surface area contributed by atoms with E-state index in [4.69, 9.17) is 5.11 Å². The van der Waals surface area contributed by atoms with Gasteiger partial charge in [0, 0.05) is 10.0 Å². The van der Waals surface area contributed by atoms with Gasteiger partial charge in [0.15, 0.2) is 0 Å². The summed E-state index contributed by atoms with van der Waals surface area (Å²) in [5, 5.41) is 11.4. The molecule has 0 aliphatic carbocycles. The number of carbonyl (C=O) groups excluding carboxylic acids is 1. The summed E-state index contributed by atoms with van der Waals surface area (Å²) in [6.07, 6.45) is 0. The van der Waals surface area contributed by atoms with Gasteiger partial charge in [-0.2, -0.15) is 0 Å². The van der Waals surface area contributed by atoms with Crippen molar-refractivity contribution in [1.82, 2.24) is 0 Å². The zero-order chi connectivity index (χ0) is 15.6. The molecule has 0 aliphatic rings. The largest absolute Gasteiger partial charge is 0.478 e. The summed E-state index contributed by atoms with van der Waals surface area (Å²) in [5.74, 6) is -2.10. The van der Waals surface area contributed by atoms with Gasteiger partial charge in [-0.15, -0.1) is 0 Å². The molecule has 0 fully saturated rings. The molecule has 4 nitrogen and oxygen atoms in total. The number of hydrogen-bond donors (Lipinski definition) is 2. The topological polar surface area (TPSA) is 66.4 Å². The quantitative estimate of drug-likeness (QED) is 0.783. The lowest BCUT2D eigenvalue weighted by atomic mass is 10.2. The van der Waals surface area contributed by atoms with Crippen molar-refractivity contribution in [3.63, 3.8) is 0 Å². The van der Waals surface area contributed by atoms with Gasteiger partial charge in [-0.05, 0) is 68.3 Å². The molecule has 0 aromatic heterocycles. The van der Waals surface area contributed by atoms with Gasteiger partial charge in [-0.3, -0.25) is 4.79 Å². The highest BCUT2D eigenvalue weighted by Crippen LogP contribution is 2.25. The summed E-state index contributed by atoms with van der Waals surface area (Å²) in [5.41, 5.74) is 0.646. The van der Waals surface area contributed by atoms with E-state index in [0.29, 0.717) is 10.2 Å². The second-order valence-electron chi connectivity index (χ2n) is 4.08. The predicted octanol–water partition coefficient (Wildman–Crippen LogP) is 4.30. The number of hydrogen-bond acceptors (Lipinski definition) is 2. The molecule has 0 bridgehead atoms. The van der Waals surface area contributed by atoms with Crippen molar-refractivity contribution in [2.75, 3.05) is 5.32 Å². The molecule has 0 saturated heterocycles. The van der Waals surface area contributed by atoms with Crippen LogP contribution in [0.15, 0.2) is 45.3 Å². The van der Waals surface area contributed by atoms with Gasteiger partial charge in [0.2, 0.25) is 0 Å². The highest BCUT2D eigenvalue weighted by Gasteiger charge is 2.12. The molecule has 7 heteroatoms. The van der Waals surface area contributed by atoms with Crippen molar-refractivity contribution in [1.29, 1.82) is 0 Å². The van der Waals surface area contributed by atoms with Crippen molar-refractivity contribution in [2.24, 2.45) is 0 Å². The first-order chi connectivity index (χ1) is 9.88. The van der Waals surface area contributed by atoms with Crippen LogP contribution in [0.1, 0.15) is 20.7 Å². The molecular formula is C14H8Br2FNO3. The number of amides is 1. The number of aromatic carboxylic acids is 1. The van der Waals surface area contributed by atoms with Crippen molar-refractivity contribution < 1.29 is 19.1 Å². The molecule has 2 aromatic rings. The van der Waals surface area contributed by atoms with E-state index in [1.165, 1.54) is 30.3 Å². The molecule has 0 atom stereocenters. The molecule has 2 N–H and O–H groups in total. The van der Waals surface area contributed by atoms with Gasteiger partial charge in [-0.25, -0.2) is 9.18 Å². The predicted molar refractivity (Wildman–Crippen MR) is 83.2 cm³/mol. The molecule has 2 aromatic carbocycles. The van der Waals surface area contributed by atoms with Gasteiger partial charge < -0.3 is 10.4 Å². The molecule has 1 amide bonds. The van der Waals surface area contributed by atoms with Crippen LogP contribution >= 0.6 is 31.9 Å². The number of nitrogens with one attached hydrogen (secondary N) is 1. The third-order valence-corrected chi connectivity index (χ3v) is 3.95. The smallest absolute Gasteiger partial charge is 0.335 e. The van der Waals surface area contributed by atoms with Crippen LogP contribution in [0.5, 0.6) is 0 Å². The average Bonchev–Trinajstić information content (AvgIpc) is 2.43. The second-order valence-corrected chi connectivity index (χ2v) is 5.79. The number of carbonyl (C=O) groups is 2. The Kier molecular flexibility index (Phi) is 4.74. The van der Waals surface area contributed by atoms with E-state index in [2.05, 4.69) is 37.2 Å². The van der Waals surface area contributed by atoms with E-state index in [1.54, 1.807) is 0 Å². The summed E-state index contributed by atoms with van der Waals surface area (Å²) in [4.78, 5) is 22.8. The van der Waals surface area contributed by atoms with Crippen molar-refractivity contribution in [2.45, 2.75) is 0 Å². The van der Waals surface area contributed by atoms with Crippen LogP contribution in [0.4, 0.5) is 10.1 Å². The van der Waals surface area contributed by atoms with E-state index < -0.39 is 17.7 Å². The van der Waals surface area contributed by atoms with Crippen molar-refractivity contribution in [3.05, 3.63) is 62.3 Å². The van der Waals surface area contributed by atoms with Gasteiger partial charge in [0.25, 0.3) is 5.91 Å². The standard InChI is InChI=1S/C14H8Br2FNO3/c15-9-3-1-7(6-11(9)17)13(19)18-12-4-2-8(14(20)21)5-10(12)16/h1-6H,(H,18,19)(H,20,21). The summed E-state index contributed by atoms with van der Waals surface area (Å²) >= 11 is 6.19.